The lowest BCUT2D eigenvalue weighted by molar-refractivity contribution is 0.0236. The highest BCUT2D eigenvalue weighted by atomic mass is 32.2. The lowest BCUT2D eigenvalue weighted by atomic mass is 9.90. The summed E-state index contributed by atoms with van der Waals surface area (Å²) in [5.41, 5.74) is 0. The molecule has 1 aliphatic carbocycles. The van der Waals surface area contributed by atoms with Gasteiger partial charge in [-0.15, -0.1) is 11.3 Å². The molecule has 108 valence electrons. The Hall–Kier alpha value is -0.470. The highest BCUT2D eigenvalue weighted by Gasteiger charge is 2.33. The van der Waals surface area contributed by atoms with E-state index < -0.39 is 10.0 Å². The summed E-state index contributed by atoms with van der Waals surface area (Å²) < 4.78 is 32.5. The van der Waals surface area contributed by atoms with Crippen LogP contribution in [0.1, 0.15) is 24.6 Å². The Labute approximate surface area is 118 Å². The maximum absolute atomic E-state index is 12.3. The average Bonchev–Trinajstić information content (AvgIpc) is 2.79. The maximum Gasteiger partial charge on any atom is 0.241 e. The van der Waals surface area contributed by atoms with Gasteiger partial charge in [0, 0.05) is 24.6 Å². The molecule has 0 amide bonds. The molecule has 0 bridgehead atoms. The van der Waals surface area contributed by atoms with Gasteiger partial charge in [0.1, 0.15) is 0 Å². The molecule has 7 heteroatoms. The quantitative estimate of drug-likeness (QED) is 0.797. The zero-order valence-electron chi connectivity index (χ0n) is 11.2. The molecule has 0 aromatic carbocycles. The minimum Gasteiger partial charge on any atom is -0.381 e. The second kappa shape index (κ2) is 6.32. The molecule has 1 saturated carbocycles. The second-order valence-electron chi connectivity index (χ2n) is 4.64. The first-order valence-electron chi connectivity index (χ1n) is 6.39. The summed E-state index contributed by atoms with van der Waals surface area (Å²) in [6.07, 6.45) is 1.70. The van der Waals surface area contributed by atoms with Gasteiger partial charge in [0.15, 0.2) is 0 Å². The minimum absolute atomic E-state index is 0.00170. The highest BCUT2D eigenvalue weighted by Crippen LogP contribution is 2.27. The fraction of sp³-hybridized carbons (Fsp3) is 0.667. The van der Waals surface area contributed by atoms with Crippen molar-refractivity contribution in [3.8, 4) is 0 Å². The van der Waals surface area contributed by atoms with Gasteiger partial charge in [-0.1, -0.05) is 6.92 Å². The Bertz CT molecular complexity index is 507. The van der Waals surface area contributed by atoms with E-state index in [0.29, 0.717) is 11.4 Å². The van der Waals surface area contributed by atoms with Gasteiger partial charge in [-0.05, 0) is 30.8 Å². The minimum atomic E-state index is -3.40. The third kappa shape index (κ3) is 3.55. The third-order valence-electron chi connectivity index (χ3n) is 3.28. The van der Waals surface area contributed by atoms with Crippen LogP contribution in [0.15, 0.2) is 16.3 Å². The lowest BCUT2D eigenvalue weighted by Gasteiger charge is -2.34. The summed E-state index contributed by atoms with van der Waals surface area (Å²) in [6, 6.07) is 1.67. The zero-order chi connectivity index (χ0) is 13.9. The van der Waals surface area contributed by atoms with Gasteiger partial charge in [0.25, 0.3) is 0 Å². The molecule has 1 heterocycles. The van der Waals surface area contributed by atoms with Crippen LogP contribution in [0.3, 0.4) is 0 Å². The van der Waals surface area contributed by atoms with Crippen molar-refractivity contribution < 1.29 is 13.2 Å². The van der Waals surface area contributed by atoms with E-state index in [-0.39, 0.29) is 12.1 Å². The SMILES string of the molecule is CCNCc1sccc1S(=O)(=O)NC1CC(OC)C1. The molecule has 1 fully saturated rings. The number of thiophene rings is 1. The van der Waals surface area contributed by atoms with E-state index in [0.717, 1.165) is 24.3 Å². The van der Waals surface area contributed by atoms with E-state index >= 15 is 0 Å². The van der Waals surface area contributed by atoms with Crippen LogP contribution in [0.4, 0.5) is 0 Å². The van der Waals surface area contributed by atoms with Gasteiger partial charge in [0.05, 0.1) is 11.0 Å². The van der Waals surface area contributed by atoms with Crippen molar-refractivity contribution in [2.24, 2.45) is 0 Å². The Morgan fingerprint density at radius 3 is 2.84 bits per heavy atom. The summed E-state index contributed by atoms with van der Waals surface area (Å²) in [6.45, 7) is 3.41. The van der Waals surface area contributed by atoms with Crippen molar-refractivity contribution in [3.05, 3.63) is 16.3 Å². The first-order chi connectivity index (χ1) is 9.06. The average molecular weight is 304 g/mol. The van der Waals surface area contributed by atoms with Crippen molar-refractivity contribution in [2.75, 3.05) is 13.7 Å². The molecule has 0 aliphatic heterocycles. The fourth-order valence-electron chi connectivity index (χ4n) is 2.07. The molecular formula is C12H20N2O3S2. The van der Waals surface area contributed by atoms with Gasteiger partial charge < -0.3 is 10.1 Å². The number of rotatable bonds is 7. The predicted molar refractivity (Wildman–Crippen MR) is 75.8 cm³/mol. The molecule has 0 spiro atoms. The van der Waals surface area contributed by atoms with Crippen LogP contribution in [0.25, 0.3) is 0 Å². The Balaban J connectivity index is 2.01. The molecular weight excluding hydrogens is 284 g/mol. The molecule has 0 radical (unpaired) electrons. The fourth-order valence-corrected chi connectivity index (χ4v) is 4.75. The third-order valence-corrected chi connectivity index (χ3v) is 5.93. The van der Waals surface area contributed by atoms with Crippen molar-refractivity contribution in [1.29, 1.82) is 0 Å². The largest absolute Gasteiger partial charge is 0.381 e. The highest BCUT2D eigenvalue weighted by molar-refractivity contribution is 7.89. The van der Waals surface area contributed by atoms with E-state index in [1.165, 1.54) is 11.3 Å². The van der Waals surface area contributed by atoms with Gasteiger partial charge >= 0.3 is 0 Å². The van der Waals surface area contributed by atoms with Gasteiger partial charge in [-0.25, -0.2) is 13.1 Å². The van der Waals surface area contributed by atoms with Crippen molar-refractivity contribution in [3.63, 3.8) is 0 Å². The van der Waals surface area contributed by atoms with Crippen molar-refractivity contribution in [2.45, 2.75) is 43.4 Å². The molecule has 2 rings (SSSR count). The van der Waals surface area contributed by atoms with E-state index in [9.17, 15) is 8.42 Å². The Morgan fingerprint density at radius 1 is 1.47 bits per heavy atom. The van der Waals surface area contributed by atoms with Crippen LogP contribution < -0.4 is 10.0 Å². The summed E-state index contributed by atoms with van der Waals surface area (Å²) in [4.78, 5) is 1.26. The molecule has 5 nitrogen and oxygen atoms in total. The number of nitrogens with one attached hydrogen (secondary N) is 2. The van der Waals surface area contributed by atoms with Crippen LogP contribution in [0.5, 0.6) is 0 Å². The van der Waals surface area contributed by atoms with E-state index in [1.807, 2.05) is 12.3 Å². The smallest absolute Gasteiger partial charge is 0.241 e. The second-order valence-corrected chi connectivity index (χ2v) is 7.32. The van der Waals surface area contributed by atoms with Gasteiger partial charge in [-0.2, -0.15) is 0 Å². The molecule has 0 atom stereocenters. The van der Waals surface area contributed by atoms with Gasteiger partial charge in [0.2, 0.25) is 10.0 Å². The number of sulfonamides is 1. The van der Waals surface area contributed by atoms with Crippen LogP contribution in [0.2, 0.25) is 0 Å². The van der Waals surface area contributed by atoms with E-state index in [4.69, 9.17) is 4.74 Å². The van der Waals surface area contributed by atoms with Crippen LogP contribution in [-0.2, 0) is 21.3 Å². The molecule has 1 aromatic heterocycles. The molecule has 0 saturated heterocycles. The van der Waals surface area contributed by atoms with Crippen LogP contribution in [-0.4, -0.2) is 34.2 Å². The summed E-state index contributed by atoms with van der Waals surface area (Å²) in [7, 11) is -1.75. The lowest BCUT2D eigenvalue weighted by Crippen LogP contribution is -2.47. The normalized spacial score (nSPS) is 23.3. The molecule has 2 N–H and O–H groups in total. The van der Waals surface area contributed by atoms with E-state index in [2.05, 4.69) is 10.0 Å². The number of ether oxygens (including phenoxy) is 1. The molecule has 19 heavy (non-hydrogen) atoms. The topological polar surface area (TPSA) is 67.4 Å². The number of methoxy groups -OCH3 is 1. The monoisotopic (exact) mass is 304 g/mol. The molecule has 1 aliphatic rings. The zero-order valence-corrected chi connectivity index (χ0v) is 12.8. The Kier molecular flexibility index (Phi) is 4.97. The standard InChI is InChI=1S/C12H20N2O3S2/c1-3-13-8-11-12(4-5-18-11)19(15,16)14-9-6-10(7-9)17-2/h4-5,9-10,13-14H,3,6-8H2,1-2H3. The van der Waals surface area contributed by atoms with Crippen molar-refractivity contribution in [1.82, 2.24) is 10.0 Å². The van der Waals surface area contributed by atoms with Gasteiger partial charge in [-0.3, -0.25) is 0 Å². The van der Waals surface area contributed by atoms with Crippen molar-refractivity contribution >= 4 is 21.4 Å². The number of hydrogen-bond acceptors (Lipinski definition) is 5. The maximum atomic E-state index is 12.3. The first kappa shape index (κ1) is 14.9. The number of hydrogen-bond donors (Lipinski definition) is 2. The summed E-state index contributed by atoms with van der Waals surface area (Å²) >= 11 is 1.47. The van der Waals surface area contributed by atoms with Crippen LogP contribution in [0, 0.1) is 0 Å². The molecule has 1 aromatic rings. The summed E-state index contributed by atoms with van der Waals surface area (Å²) in [5, 5.41) is 4.98. The molecule has 0 unspecified atom stereocenters. The Morgan fingerprint density at radius 2 is 2.21 bits per heavy atom. The van der Waals surface area contributed by atoms with Crippen LogP contribution >= 0.6 is 11.3 Å². The van der Waals surface area contributed by atoms with E-state index in [1.54, 1.807) is 13.2 Å². The first-order valence-corrected chi connectivity index (χ1v) is 8.75. The predicted octanol–water partition coefficient (Wildman–Crippen LogP) is 1.31. The summed E-state index contributed by atoms with van der Waals surface area (Å²) in [5.74, 6) is 0.